The average Bonchev–Trinajstić information content (AvgIpc) is 2.58. The minimum Gasteiger partial charge on any atom is -0.505 e. The monoisotopic (exact) mass is 324 g/mol. The summed E-state index contributed by atoms with van der Waals surface area (Å²) in [5, 5.41) is 12.9. The maximum atomic E-state index is 12.0. The number of ether oxygens (including phenoxy) is 1. The molecule has 2 aromatic carbocycles. The van der Waals surface area contributed by atoms with Gasteiger partial charge in [-0.3, -0.25) is 5.32 Å². The Morgan fingerprint density at radius 3 is 2.42 bits per heavy atom. The minimum absolute atomic E-state index is 0.0679. The van der Waals surface area contributed by atoms with Crippen molar-refractivity contribution < 1.29 is 14.6 Å². The van der Waals surface area contributed by atoms with Crippen LogP contribution in [0, 0.1) is 0 Å². The van der Waals surface area contributed by atoms with E-state index in [2.05, 4.69) is 5.32 Å². The van der Waals surface area contributed by atoms with Gasteiger partial charge in [-0.2, -0.15) is 0 Å². The third-order valence-corrected chi connectivity index (χ3v) is 3.48. The first-order valence-electron chi connectivity index (χ1n) is 7.71. The average molecular weight is 324 g/mol. The van der Waals surface area contributed by atoms with Crippen molar-refractivity contribution in [3.8, 4) is 0 Å². The smallest absolute Gasteiger partial charge is 0.411 e. The Bertz CT molecular complexity index is 713. The fourth-order valence-corrected chi connectivity index (χ4v) is 2.12. The molecule has 1 atom stereocenters. The first-order chi connectivity index (χ1) is 11.5. The number of alkyl carbamates (subject to hydrolysis) is 1. The molecule has 0 aliphatic rings. The van der Waals surface area contributed by atoms with Crippen molar-refractivity contribution in [3.63, 3.8) is 0 Å². The Morgan fingerprint density at radius 1 is 1.21 bits per heavy atom. The Balaban J connectivity index is 2.08. The molecule has 24 heavy (non-hydrogen) atoms. The molecule has 2 aromatic rings. The zero-order valence-corrected chi connectivity index (χ0v) is 13.8. The van der Waals surface area contributed by atoms with Crippen LogP contribution in [0.4, 0.5) is 4.79 Å². The summed E-state index contributed by atoms with van der Waals surface area (Å²) in [5.41, 5.74) is 8.62. The molecule has 6 heteroatoms. The Kier molecular flexibility index (Phi) is 6.04. The first-order valence-corrected chi connectivity index (χ1v) is 7.71. The second-order valence-electron chi connectivity index (χ2n) is 5.60. The van der Waals surface area contributed by atoms with Gasteiger partial charge in [-0.05, 0) is 12.5 Å². The highest BCUT2D eigenvalue weighted by Crippen LogP contribution is 2.15. The fourth-order valence-electron chi connectivity index (χ4n) is 2.12. The van der Waals surface area contributed by atoms with Gasteiger partial charge < -0.3 is 15.6 Å². The third-order valence-electron chi connectivity index (χ3n) is 3.48. The van der Waals surface area contributed by atoms with Gasteiger partial charge in [-0.15, -0.1) is 0 Å². The molecule has 0 bridgehead atoms. The van der Waals surface area contributed by atoms with Crippen LogP contribution in [0.2, 0.25) is 0 Å². The lowest BCUT2D eigenvalue weighted by atomic mass is 9.94. The molecule has 0 spiro atoms. The van der Waals surface area contributed by atoms with Crippen LogP contribution < -0.4 is 16.5 Å². The standard InChI is InChI=1S/C18H21BN2O3/c1-12(20)16(17(22)14-7-9-15(19)10-8-14)21-18(23)24-11-13-5-3-2-4-6-13/h2-10,12,22H,11,19-20H2,1H3,(H,21,23)/b17-16+. The van der Waals surface area contributed by atoms with Gasteiger partial charge in [0.2, 0.25) is 0 Å². The van der Waals surface area contributed by atoms with Crippen LogP contribution in [0.5, 0.6) is 0 Å². The lowest BCUT2D eigenvalue weighted by Gasteiger charge is -2.16. The van der Waals surface area contributed by atoms with E-state index in [1.54, 1.807) is 19.1 Å². The second kappa shape index (κ2) is 8.22. The van der Waals surface area contributed by atoms with Crippen LogP contribution in [0.25, 0.3) is 5.76 Å². The van der Waals surface area contributed by atoms with Gasteiger partial charge in [0.05, 0.1) is 5.70 Å². The minimum atomic E-state index is -0.662. The van der Waals surface area contributed by atoms with Crippen molar-refractivity contribution in [3.05, 3.63) is 71.4 Å². The highest BCUT2D eigenvalue weighted by atomic mass is 16.5. The maximum Gasteiger partial charge on any atom is 0.411 e. The van der Waals surface area contributed by atoms with E-state index < -0.39 is 12.1 Å². The number of hydrogen-bond acceptors (Lipinski definition) is 4. The Morgan fingerprint density at radius 2 is 1.83 bits per heavy atom. The summed E-state index contributed by atoms with van der Waals surface area (Å²) in [6.45, 7) is 1.82. The SMILES string of the molecule is Bc1ccc(/C(O)=C(\NC(=O)OCc2ccccc2)C(C)N)cc1. The molecule has 0 aromatic heterocycles. The number of carbonyl (C=O) groups excluding carboxylic acids is 1. The fraction of sp³-hybridized carbons (Fsp3) is 0.167. The number of benzene rings is 2. The molecular formula is C18H21BN2O3. The molecule has 4 N–H and O–H groups in total. The summed E-state index contributed by atoms with van der Waals surface area (Å²) in [6.07, 6.45) is -0.662. The summed E-state index contributed by atoms with van der Waals surface area (Å²) >= 11 is 0. The summed E-state index contributed by atoms with van der Waals surface area (Å²) < 4.78 is 5.16. The van der Waals surface area contributed by atoms with Crippen LogP contribution in [-0.4, -0.2) is 25.1 Å². The molecule has 0 aliphatic heterocycles. The topological polar surface area (TPSA) is 84.6 Å². The second-order valence-corrected chi connectivity index (χ2v) is 5.60. The van der Waals surface area contributed by atoms with E-state index in [4.69, 9.17) is 10.5 Å². The van der Waals surface area contributed by atoms with Crippen molar-refractivity contribution in [2.75, 3.05) is 0 Å². The zero-order valence-electron chi connectivity index (χ0n) is 13.8. The predicted octanol–water partition coefficient (Wildman–Crippen LogP) is 1.45. The van der Waals surface area contributed by atoms with Gasteiger partial charge in [0.25, 0.3) is 0 Å². The zero-order chi connectivity index (χ0) is 17.5. The van der Waals surface area contributed by atoms with E-state index in [1.165, 1.54) is 0 Å². The number of nitrogens with one attached hydrogen (secondary N) is 1. The van der Waals surface area contributed by atoms with Gasteiger partial charge in [-0.1, -0.05) is 60.1 Å². The lowest BCUT2D eigenvalue weighted by molar-refractivity contribution is 0.142. The quantitative estimate of drug-likeness (QED) is 0.574. The number of aliphatic hydroxyl groups excluding tert-OH is 1. The Hall–Kier alpha value is -2.73. The van der Waals surface area contributed by atoms with Crippen LogP contribution >= 0.6 is 0 Å². The lowest BCUT2D eigenvalue weighted by Crippen LogP contribution is -2.34. The van der Waals surface area contributed by atoms with Gasteiger partial charge >= 0.3 is 6.09 Å². The van der Waals surface area contributed by atoms with Crippen molar-refractivity contribution in [2.24, 2.45) is 5.73 Å². The van der Waals surface area contributed by atoms with Crippen LogP contribution in [-0.2, 0) is 11.3 Å². The summed E-state index contributed by atoms with van der Waals surface area (Å²) in [6, 6.07) is 16.1. The van der Waals surface area contributed by atoms with E-state index >= 15 is 0 Å². The molecule has 2 rings (SSSR count). The van der Waals surface area contributed by atoms with Crippen LogP contribution in [0.3, 0.4) is 0 Å². The molecule has 0 saturated heterocycles. The molecule has 0 saturated carbocycles. The summed E-state index contributed by atoms with van der Waals surface area (Å²) in [7, 11) is 1.95. The van der Waals surface area contributed by atoms with E-state index in [-0.39, 0.29) is 18.1 Å². The molecule has 0 radical (unpaired) electrons. The molecule has 1 amide bonds. The highest BCUT2D eigenvalue weighted by molar-refractivity contribution is 6.32. The highest BCUT2D eigenvalue weighted by Gasteiger charge is 2.16. The van der Waals surface area contributed by atoms with Crippen molar-refractivity contribution in [1.82, 2.24) is 5.32 Å². The normalized spacial score (nSPS) is 12.9. The van der Waals surface area contributed by atoms with E-state index in [9.17, 15) is 9.90 Å². The number of amides is 1. The van der Waals surface area contributed by atoms with Crippen molar-refractivity contribution >= 4 is 25.2 Å². The van der Waals surface area contributed by atoms with E-state index in [0.717, 1.165) is 11.0 Å². The Labute approximate surface area is 142 Å². The number of aliphatic hydroxyl groups is 1. The summed E-state index contributed by atoms with van der Waals surface area (Å²) in [5.74, 6) is -0.0679. The molecule has 0 aliphatic carbocycles. The number of hydrogen-bond donors (Lipinski definition) is 3. The van der Waals surface area contributed by atoms with Crippen molar-refractivity contribution in [1.29, 1.82) is 0 Å². The molecule has 1 unspecified atom stereocenters. The number of rotatable bonds is 5. The van der Waals surface area contributed by atoms with Gasteiger partial charge in [0.15, 0.2) is 0 Å². The molecule has 5 nitrogen and oxygen atoms in total. The maximum absolute atomic E-state index is 12.0. The molecular weight excluding hydrogens is 303 g/mol. The summed E-state index contributed by atoms with van der Waals surface area (Å²) in [4.78, 5) is 12.0. The largest absolute Gasteiger partial charge is 0.505 e. The predicted molar refractivity (Wildman–Crippen MR) is 97.6 cm³/mol. The number of carbonyl (C=O) groups is 1. The molecule has 0 fully saturated rings. The van der Waals surface area contributed by atoms with E-state index in [0.29, 0.717) is 5.56 Å². The van der Waals surface area contributed by atoms with Gasteiger partial charge in [-0.25, -0.2) is 4.79 Å². The molecule has 124 valence electrons. The van der Waals surface area contributed by atoms with Crippen LogP contribution in [0.1, 0.15) is 18.1 Å². The van der Waals surface area contributed by atoms with Gasteiger partial charge in [0.1, 0.15) is 20.2 Å². The van der Waals surface area contributed by atoms with Crippen LogP contribution in [0.15, 0.2) is 60.3 Å². The third kappa shape index (κ3) is 4.89. The van der Waals surface area contributed by atoms with Crippen molar-refractivity contribution in [2.45, 2.75) is 19.6 Å². The van der Waals surface area contributed by atoms with E-state index in [1.807, 2.05) is 50.3 Å². The molecule has 0 heterocycles. The number of nitrogens with two attached hydrogens (primary N) is 1. The van der Waals surface area contributed by atoms with Gasteiger partial charge in [0, 0.05) is 11.6 Å². The first kappa shape index (κ1) is 17.6.